The summed E-state index contributed by atoms with van der Waals surface area (Å²) in [5.41, 5.74) is 11.5. The van der Waals surface area contributed by atoms with Crippen molar-refractivity contribution in [1.29, 1.82) is 0 Å². The van der Waals surface area contributed by atoms with E-state index in [4.69, 9.17) is 5.73 Å². The second-order valence-corrected chi connectivity index (χ2v) is 6.03. The van der Waals surface area contributed by atoms with E-state index in [9.17, 15) is 4.39 Å². The molecule has 0 heterocycles. The van der Waals surface area contributed by atoms with Crippen LogP contribution in [-0.4, -0.2) is 0 Å². The summed E-state index contributed by atoms with van der Waals surface area (Å²) in [5.74, 6) is 0.263. The monoisotopic (exact) mass is 309 g/mol. The van der Waals surface area contributed by atoms with E-state index >= 15 is 0 Å². The fourth-order valence-corrected chi connectivity index (χ4v) is 2.74. The van der Waals surface area contributed by atoms with E-state index in [1.54, 1.807) is 18.3 Å². The number of halogens is 1. The van der Waals surface area contributed by atoms with Crippen molar-refractivity contribution in [3.05, 3.63) is 88.9 Å². The van der Waals surface area contributed by atoms with Gasteiger partial charge in [-0.1, -0.05) is 56.3 Å². The molecule has 2 rings (SSSR count). The zero-order chi connectivity index (χ0) is 16.8. The minimum Gasteiger partial charge on any atom is -0.404 e. The minimum absolute atomic E-state index is 0.238. The van der Waals surface area contributed by atoms with E-state index in [-0.39, 0.29) is 5.82 Å². The Morgan fingerprint density at radius 2 is 1.74 bits per heavy atom. The van der Waals surface area contributed by atoms with Crippen molar-refractivity contribution in [2.24, 2.45) is 5.73 Å². The van der Waals surface area contributed by atoms with Crippen molar-refractivity contribution in [1.82, 2.24) is 0 Å². The first-order chi connectivity index (χ1) is 11.0. The Bertz CT molecular complexity index is 709. The van der Waals surface area contributed by atoms with E-state index in [1.807, 2.05) is 6.92 Å². The smallest absolute Gasteiger partial charge is 0.123 e. The fourth-order valence-electron chi connectivity index (χ4n) is 2.74. The zero-order valence-electron chi connectivity index (χ0n) is 14.0. The molecule has 0 saturated carbocycles. The Morgan fingerprint density at radius 1 is 1.09 bits per heavy atom. The van der Waals surface area contributed by atoms with Gasteiger partial charge in [0.1, 0.15) is 5.82 Å². The van der Waals surface area contributed by atoms with Gasteiger partial charge in [-0.05, 0) is 59.2 Å². The topological polar surface area (TPSA) is 26.0 Å². The van der Waals surface area contributed by atoms with E-state index in [2.05, 4.69) is 44.2 Å². The van der Waals surface area contributed by atoms with Crippen molar-refractivity contribution in [2.45, 2.75) is 33.1 Å². The summed E-state index contributed by atoms with van der Waals surface area (Å²) < 4.78 is 13.1. The number of hydrogen-bond donors (Lipinski definition) is 1. The van der Waals surface area contributed by atoms with Crippen molar-refractivity contribution in [2.75, 3.05) is 0 Å². The molecule has 2 heteroatoms. The molecule has 0 aromatic heterocycles. The molecular formula is C21H24FN. The number of allylic oxidation sites excluding steroid dienone is 3. The van der Waals surface area contributed by atoms with Crippen LogP contribution in [0.5, 0.6) is 0 Å². The van der Waals surface area contributed by atoms with Crippen LogP contribution in [-0.2, 0) is 6.42 Å². The first kappa shape index (κ1) is 17.0. The van der Waals surface area contributed by atoms with Crippen LogP contribution in [0.25, 0.3) is 5.57 Å². The maximum atomic E-state index is 13.1. The van der Waals surface area contributed by atoms with Crippen molar-refractivity contribution in [3.63, 3.8) is 0 Å². The van der Waals surface area contributed by atoms with Crippen LogP contribution in [0.15, 0.2) is 66.4 Å². The molecule has 2 aromatic carbocycles. The summed E-state index contributed by atoms with van der Waals surface area (Å²) in [4.78, 5) is 0. The quantitative estimate of drug-likeness (QED) is 0.731. The molecular weight excluding hydrogens is 285 g/mol. The van der Waals surface area contributed by atoms with Gasteiger partial charge in [-0.2, -0.15) is 0 Å². The van der Waals surface area contributed by atoms with Gasteiger partial charge in [0.25, 0.3) is 0 Å². The number of rotatable bonds is 5. The molecule has 23 heavy (non-hydrogen) atoms. The first-order valence-electron chi connectivity index (χ1n) is 7.95. The molecule has 120 valence electrons. The van der Waals surface area contributed by atoms with E-state index in [0.717, 1.165) is 23.1 Å². The van der Waals surface area contributed by atoms with E-state index in [0.29, 0.717) is 5.92 Å². The predicted octanol–water partition coefficient (Wildman–Crippen LogP) is 5.44. The molecule has 0 saturated heterocycles. The third-order valence-corrected chi connectivity index (χ3v) is 4.05. The molecule has 1 nitrogen and oxygen atoms in total. The first-order valence-corrected chi connectivity index (χ1v) is 7.95. The van der Waals surface area contributed by atoms with Crippen LogP contribution >= 0.6 is 0 Å². The highest BCUT2D eigenvalue weighted by atomic mass is 19.1. The lowest BCUT2D eigenvalue weighted by Crippen LogP contribution is -1.97. The molecule has 0 aliphatic heterocycles. The van der Waals surface area contributed by atoms with Crippen LogP contribution in [0.3, 0.4) is 0 Å². The molecule has 0 bridgehead atoms. The second kappa shape index (κ2) is 7.77. The van der Waals surface area contributed by atoms with Crippen LogP contribution in [0.4, 0.5) is 4.39 Å². The lowest BCUT2D eigenvalue weighted by atomic mass is 9.93. The van der Waals surface area contributed by atoms with Gasteiger partial charge >= 0.3 is 0 Å². The Kier molecular flexibility index (Phi) is 5.75. The molecule has 2 aromatic rings. The van der Waals surface area contributed by atoms with Crippen LogP contribution in [0.1, 0.15) is 43.4 Å². The molecule has 0 radical (unpaired) electrons. The molecule has 0 aliphatic carbocycles. The third kappa shape index (κ3) is 4.32. The van der Waals surface area contributed by atoms with Gasteiger partial charge in [0.2, 0.25) is 0 Å². The standard InChI is InChI=1S/C21H24FN/c1-15(2)20-7-5-4-6-17(20)9-8-16(3)21(14-23)18-10-12-19(22)13-11-18/h4-8,10-15H,9,23H2,1-3H3/b16-8-,21-14+. The highest BCUT2D eigenvalue weighted by Crippen LogP contribution is 2.24. The highest BCUT2D eigenvalue weighted by molar-refractivity contribution is 5.78. The maximum Gasteiger partial charge on any atom is 0.123 e. The summed E-state index contributed by atoms with van der Waals surface area (Å²) in [6.45, 7) is 6.46. The normalized spacial score (nSPS) is 12.7. The molecule has 0 fully saturated rings. The highest BCUT2D eigenvalue weighted by Gasteiger charge is 2.07. The fraction of sp³-hybridized carbons (Fsp3) is 0.238. The second-order valence-electron chi connectivity index (χ2n) is 6.03. The van der Waals surface area contributed by atoms with Gasteiger partial charge in [0.15, 0.2) is 0 Å². The van der Waals surface area contributed by atoms with Gasteiger partial charge in [0.05, 0.1) is 0 Å². The Balaban J connectivity index is 2.24. The van der Waals surface area contributed by atoms with E-state index in [1.165, 1.54) is 23.3 Å². The summed E-state index contributed by atoms with van der Waals surface area (Å²) in [5, 5.41) is 0. The Labute approximate surface area is 138 Å². The summed E-state index contributed by atoms with van der Waals surface area (Å²) in [6.07, 6.45) is 4.63. The minimum atomic E-state index is -0.238. The average molecular weight is 309 g/mol. The van der Waals surface area contributed by atoms with Crippen molar-refractivity contribution in [3.8, 4) is 0 Å². The van der Waals surface area contributed by atoms with Gasteiger partial charge in [-0.3, -0.25) is 0 Å². The Hall–Kier alpha value is -2.35. The lowest BCUT2D eigenvalue weighted by molar-refractivity contribution is 0.627. The molecule has 2 N–H and O–H groups in total. The van der Waals surface area contributed by atoms with Gasteiger partial charge in [-0.25, -0.2) is 4.39 Å². The van der Waals surface area contributed by atoms with Crippen LogP contribution < -0.4 is 5.73 Å². The summed E-state index contributed by atoms with van der Waals surface area (Å²) in [6, 6.07) is 14.9. The Morgan fingerprint density at radius 3 is 2.35 bits per heavy atom. The molecule has 0 unspecified atom stereocenters. The van der Waals surface area contributed by atoms with Gasteiger partial charge < -0.3 is 5.73 Å². The summed E-state index contributed by atoms with van der Waals surface area (Å²) in [7, 11) is 0. The summed E-state index contributed by atoms with van der Waals surface area (Å²) >= 11 is 0. The average Bonchev–Trinajstić information content (AvgIpc) is 2.55. The molecule has 0 spiro atoms. The van der Waals surface area contributed by atoms with Crippen molar-refractivity contribution < 1.29 is 4.39 Å². The SMILES string of the molecule is CC(=C/Cc1ccccc1C(C)C)/C(=C\N)c1ccc(F)cc1. The largest absolute Gasteiger partial charge is 0.404 e. The number of benzene rings is 2. The lowest BCUT2D eigenvalue weighted by Gasteiger charge is -2.12. The van der Waals surface area contributed by atoms with Gasteiger partial charge in [0, 0.05) is 6.20 Å². The van der Waals surface area contributed by atoms with E-state index < -0.39 is 0 Å². The van der Waals surface area contributed by atoms with Crippen LogP contribution in [0, 0.1) is 5.82 Å². The maximum absolute atomic E-state index is 13.1. The third-order valence-electron chi connectivity index (χ3n) is 4.05. The predicted molar refractivity (Wildman–Crippen MR) is 96.6 cm³/mol. The molecule has 0 amide bonds. The number of nitrogens with two attached hydrogens (primary N) is 1. The molecule has 0 aliphatic rings. The number of hydrogen-bond acceptors (Lipinski definition) is 1. The van der Waals surface area contributed by atoms with Gasteiger partial charge in [-0.15, -0.1) is 0 Å². The van der Waals surface area contributed by atoms with Crippen molar-refractivity contribution >= 4 is 5.57 Å². The van der Waals surface area contributed by atoms with Crippen LogP contribution in [0.2, 0.25) is 0 Å². The molecule has 0 atom stereocenters. The zero-order valence-corrected chi connectivity index (χ0v) is 14.0.